The predicted octanol–water partition coefficient (Wildman–Crippen LogP) is 2.77. The van der Waals surface area contributed by atoms with Crippen LogP contribution in [0.4, 0.5) is 5.69 Å². The third-order valence-electron chi connectivity index (χ3n) is 4.54. The minimum absolute atomic E-state index is 0.128. The van der Waals surface area contributed by atoms with Crippen LogP contribution in [0.1, 0.15) is 23.2 Å². The number of rotatable bonds is 7. The first-order valence-electron chi connectivity index (χ1n) is 9.38. The molecule has 2 heterocycles. The van der Waals surface area contributed by atoms with Crippen molar-refractivity contribution in [2.75, 3.05) is 31.9 Å². The largest absolute Gasteiger partial charge is 0.491 e. The number of carbonyl (C=O) groups excluding carboxylic acids is 2. The van der Waals surface area contributed by atoms with Gasteiger partial charge in [-0.05, 0) is 49.2 Å². The number of hydrogen-bond acceptors (Lipinski definition) is 7. The highest BCUT2D eigenvalue weighted by Crippen LogP contribution is 2.34. The Balaban J connectivity index is 1.23. The maximum absolute atomic E-state index is 12.1. The Morgan fingerprint density at radius 2 is 1.90 bits per heavy atom. The van der Waals surface area contributed by atoms with E-state index >= 15 is 0 Å². The lowest BCUT2D eigenvalue weighted by Gasteiger charge is -2.11. The number of amides is 1. The monoisotopic (exact) mass is 399 g/mol. The summed E-state index contributed by atoms with van der Waals surface area (Å²) in [4.78, 5) is 24.2. The number of benzene rings is 2. The third-order valence-corrected chi connectivity index (χ3v) is 4.54. The van der Waals surface area contributed by atoms with Crippen LogP contribution < -0.4 is 19.5 Å². The molecule has 0 radical (unpaired) electrons. The molecule has 8 nitrogen and oxygen atoms in total. The Hall–Kier alpha value is -3.26. The lowest BCUT2D eigenvalue weighted by Crippen LogP contribution is -2.21. The lowest BCUT2D eigenvalue weighted by molar-refractivity contribution is -0.119. The van der Waals surface area contributed by atoms with Crippen LogP contribution in [0.2, 0.25) is 0 Å². The number of anilines is 1. The number of hydrogen-bond donors (Lipinski definition) is 1. The van der Waals surface area contributed by atoms with Gasteiger partial charge in [0, 0.05) is 18.4 Å². The first-order valence-corrected chi connectivity index (χ1v) is 9.38. The minimum atomic E-state index is -0.587. The van der Waals surface area contributed by atoms with Gasteiger partial charge in [0.15, 0.2) is 18.1 Å². The highest BCUT2D eigenvalue weighted by atomic mass is 16.7. The Bertz CT molecular complexity index is 875. The summed E-state index contributed by atoms with van der Waals surface area (Å²) in [5.74, 6) is 0.794. The van der Waals surface area contributed by atoms with E-state index in [0.29, 0.717) is 35.1 Å². The van der Waals surface area contributed by atoms with E-state index in [1.54, 1.807) is 42.5 Å². The van der Waals surface area contributed by atoms with Gasteiger partial charge in [-0.2, -0.15) is 0 Å². The standard InChI is InChI=1S/C21H21NO7/c23-20(22-15-5-8-18-19(10-15)29-13-28-18)12-27-21(24)14-3-6-16(7-4-14)26-11-17-2-1-9-25-17/h3-8,10,17H,1-2,9,11-13H2,(H,22,23)/t17-/m1/s1. The molecule has 2 aromatic carbocycles. The highest BCUT2D eigenvalue weighted by Gasteiger charge is 2.17. The second kappa shape index (κ2) is 8.83. The zero-order chi connectivity index (χ0) is 20.1. The Labute approximate surface area is 167 Å². The summed E-state index contributed by atoms with van der Waals surface area (Å²) in [6, 6.07) is 11.6. The average molecular weight is 399 g/mol. The predicted molar refractivity (Wildman–Crippen MR) is 102 cm³/mol. The van der Waals surface area contributed by atoms with Crippen molar-refractivity contribution in [3.8, 4) is 17.2 Å². The summed E-state index contributed by atoms with van der Waals surface area (Å²) in [6.07, 6.45) is 2.18. The van der Waals surface area contributed by atoms with E-state index in [1.165, 1.54) is 0 Å². The number of fused-ring (bicyclic) bond motifs is 1. The molecule has 152 valence electrons. The fourth-order valence-electron chi connectivity index (χ4n) is 3.04. The van der Waals surface area contributed by atoms with E-state index in [0.717, 1.165) is 19.4 Å². The zero-order valence-electron chi connectivity index (χ0n) is 15.7. The van der Waals surface area contributed by atoms with Crippen LogP contribution in [0.3, 0.4) is 0 Å². The molecule has 1 N–H and O–H groups in total. The fraction of sp³-hybridized carbons (Fsp3) is 0.333. The van der Waals surface area contributed by atoms with Crippen LogP contribution in [0, 0.1) is 0 Å². The molecule has 1 saturated heterocycles. The Morgan fingerprint density at radius 3 is 2.69 bits per heavy atom. The maximum atomic E-state index is 12.1. The van der Waals surface area contributed by atoms with E-state index in [9.17, 15) is 9.59 Å². The van der Waals surface area contributed by atoms with Gasteiger partial charge in [0.25, 0.3) is 5.91 Å². The summed E-state index contributed by atoms with van der Waals surface area (Å²) in [6.45, 7) is 1.03. The van der Waals surface area contributed by atoms with Crippen molar-refractivity contribution in [1.29, 1.82) is 0 Å². The molecule has 0 aromatic heterocycles. The average Bonchev–Trinajstić information content (AvgIpc) is 3.42. The summed E-state index contributed by atoms with van der Waals surface area (Å²) < 4.78 is 26.7. The van der Waals surface area contributed by atoms with Crippen LogP contribution >= 0.6 is 0 Å². The van der Waals surface area contributed by atoms with Crippen LogP contribution in [-0.4, -0.2) is 44.6 Å². The van der Waals surface area contributed by atoms with Crippen molar-refractivity contribution in [3.63, 3.8) is 0 Å². The van der Waals surface area contributed by atoms with Gasteiger partial charge in [-0.15, -0.1) is 0 Å². The quantitative estimate of drug-likeness (QED) is 0.716. The SMILES string of the molecule is O=C(COC(=O)c1ccc(OC[C@H]2CCCO2)cc1)Nc1ccc2c(c1)OCO2. The first kappa shape index (κ1) is 19.1. The fourth-order valence-corrected chi connectivity index (χ4v) is 3.04. The molecule has 1 amide bonds. The number of esters is 1. The molecular weight excluding hydrogens is 378 g/mol. The van der Waals surface area contributed by atoms with Crippen LogP contribution in [-0.2, 0) is 14.3 Å². The van der Waals surface area contributed by atoms with E-state index in [2.05, 4.69) is 5.32 Å². The molecule has 8 heteroatoms. The van der Waals surface area contributed by atoms with Gasteiger partial charge in [0.2, 0.25) is 6.79 Å². The summed E-state index contributed by atoms with van der Waals surface area (Å²) in [7, 11) is 0. The van der Waals surface area contributed by atoms with Gasteiger partial charge < -0.3 is 29.0 Å². The Kier molecular flexibility index (Phi) is 5.81. The second-order valence-electron chi connectivity index (χ2n) is 6.66. The smallest absolute Gasteiger partial charge is 0.338 e. The van der Waals surface area contributed by atoms with Crippen LogP contribution in [0.15, 0.2) is 42.5 Å². The van der Waals surface area contributed by atoms with Crippen molar-refractivity contribution in [1.82, 2.24) is 0 Å². The molecular formula is C21H21NO7. The van der Waals surface area contributed by atoms with Crippen LogP contribution in [0.5, 0.6) is 17.2 Å². The van der Waals surface area contributed by atoms with Crippen molar-refractivity contribution >= 4 is 17.6 Å². The van der Waals surface area contributed by atoms with Gasteiger partial charge >= 0.3 is 5.97 Å². The molecule has 0 bridgehead atoms. The molecule has 2 aliphatic rings. The minimum Gasteiger partial charge on any atom is -0.491 e. The van der Waals surface area contributed by atoms with Crippen molar-refractivity contribution in [3.05, 3.63) is 48.0 Å². The molecule has 1 atom stereocenters. The van der Waals surface area contributed by atoms with E-state index in [-0.39, 0.29) is 12.9 Å². The summed E-state index contributed by atoms with van der Waals surface area (Å²) >= 11 is 0. The van der Waals surface area contributed by atoms with E-state index in [4.69, 9.17) is 23.7 Å². The van der Waals surface area contributed by atoms with Crippen molar-refractivity contribution in [2.45, 2.75) is 18.9 Å². The normalized spacial score (nSPS) is 17.0. The molecule has 0 saturated carbocycles. The number of carbonyl (C=O) groups is 2. The molecule has 29 heavy (non-hydrogen) atoms. The van der Waals surface area contributed by atoms with Gasteiger partial charge in [-0.25, -0.2) is 4.79 Å². The molecule has 0 spiro atoms. The zero-order valence-corrected chi connectivity index (χ0v) is 15.7. The van der Waals surface area contributed by atoms with E-state index in [1.807, 2.05) is 0 Å². The van der Waals surface area contributed by atoms with Crippen molar-refractivity contribution in [2.24, 2.45) is 0 Å². The van der Waals surface area contributed by atoms with Gasteiger partial charge in [-0.3, -0.25) is 4.79 Å². The molecule has 1 fully saturated rings. The molecule has 2 aliphatic heterocycles. The molecule has 0 aliphatic carbocycles. The maximum Gasteiger partial charge on any atom is 0.338 e. The van der Waals surface area contributed by atoms with Gasteiger partial charge in [0.1, 0.15) is 12.4 Å². The lowest BCUT2D eigenvalue weighted by atomic mass is 10.2. The third kappa shape index (κ3) is 4.97. The number of ether oxygens (including phenoxy) is 5. The second-order valence-corrected chi connectivity index (χ2v) is 6.66. The van der Waals surface area contributed by atoms with Gasteiger partial charge in [0.05, 0.1) is 11.7 Å². The molecule has 4 rings (SSSR count). The Morgan fingerprint density at radius 1 is 1.07 bits per heavy atom. The molecule has 0 unspecified atom stereocenters. The summed E-state index contributed by atoms with van der Waals surface area (Å²) in [5.41, 5.74) is 0.869. The summed E-state index contributed by atoms with van der Waals surface area (Å²) in [5, 5.41) is 2.65. The highest BCUT2D eigenvalue weighted by molar-refractivity contribution is 5.95. The molecule has 2 aromatic rings. The topological polar surface area (TPSA) is 92.3 Å². The van der Waals surface area contributed by atoms with Crippen molar-refractivity contribution < 1.29 is 33.3 Å². The number of nitrogens with one attached hydrogen (secondary N) is 1. The van der Waals surface area contributed by atoms with Crippen LogP contribution in [0.25, 0.3) is 0 Å². The van der Waals surface area contributed by atoms with Gasteiger partial charge in [-0.1, -0.05) is 0 Å². The van der Waals surface area contributed by atoms with E-state index < -0.39 is 18.5 Å². The first-order chi connectivity index (χ1) is 14.2.